The molecule has 2 rings (SSSR count). The van der Waals surface area contributed by atoms with Crippen LogP contribution in [0.15, 0.2) is 30.3 Å². The Labute approximate surface area is 131 Å². The lowest BCUT2D eigenvalue weighted by Crippen LogP contribution is -2.10. The van der Waals surface area contributed by atoms with Crippen molar-refractivity contribution in [1.29, 1.82) is 0 Å². The van der Waals surface area contributed by atoms with Gasteiger partial charge in [-0.25, -0.2) is 9.97 Å². The monoisotopic (exact) mass is 304 g/mol. The number of halogens is 1. The van der Waals surface area contributed by atoms with Crippen molar-refractivity contribution in [2.75, 3.05) is 17.7 Å². The van der Waals surface area contributed by atoms with Crippen LogP contribution in [0.1, 0.15) is 37.7 Å². The zero-order valence-corrected chi connectivity index (χ0v) is 13.4. The van der Waals surface area contributed by atoms with E-state index in [2.05, 4.69) is 34.4 Å². The number of aryl methyl sites for hydroxylation is 1. The Bertz CT molecular complexity index is 583. The quantitative estimate of drug-likeness (QED) is 0.835. The summed E-state index contributed by atoms with van der Waals surface area (Å²) in [6.45, 7) is 4.22. The van der Waals surface area contributed by atoms with Gasteiger partial charge in [0.05, 0.1) is 0 Å². The molecular weight excluding hydrogens is 284 g/mol. The van der Waals surface area contributed by atoms with Crippen LogP contribution in [0.2, 0.25) is 5.02 Å². The summed E-state index contributed by atoms with van der Waals surface area (Å²) in [7, 11) is 1.87. The second-order valence-electron chi connectivity index (χ2n) is 4.97. The molecule has 2 N–H and O–H groups in total. The molecule has 0 saturated heterocycles. The topological polar surface area (TPSA) is 49.8 Å². The molecule has 5 heteroatoms. The average Bonchev–Trinajstić information content (AvgIpc) is 2.48. The van der Waals surface area contributed by atoms with Crippen molar-refractivity contribution in [2.45, 2.75) is 32.7 Å². The van der Waals surface area contributed by atoms with E-state index in [0.29, 0.717) is 0 Å². The van der Waals surface area contributed by atoms with Crippen molar-refractivity contribution in [3.8, 4) is 0 Å². The summed E-state index contributed by atoms with van der Waals surface area (Å²) in [5.74, 6) is 2.52. The van der Waals surface area contributed by atoms with Crippen molar-refractivity contribution in [3.05, 3.63) is 46.7 Å². The van der Waals surface area contributed by atoms with E-state index in [1.165, 1.54) is 5.56 Å². The fraction of sp³-hybridized carbons (Fsp3) is 0.375. The molecule has 0 bridgehead atoms. The second-order valence-corrected chi connectivity index (χ2v) is 5.41. The predicted octanol–water partition coefficient (Wildman–Crippen LogP) is 4.30. The molecule has 21 heavy (non-hydrogen) atoms. The Morgan fingerprint density at radius 2 is 1.81 bits per heavy atom. The first-order valence-corrected chi connectivity index (χ1v) is 7.58. The van der Waals surface area contributed by atoms with Crippen molar-refractivity contribution < 1.29 is 0 Å². The maximum atomic E-state index is 5.92. The first-order valence-electron chi connectivity index (χ1n) is 7.20. The number of nitrogens with zero attached hydrogens (tertiary/aromatic N) is 2. The highest BCUT2D eigenvalue weighted by Crippen LogP contribution is 2.21. The van der Waals surface area contributed by atoms with Crippen LogP contribution in [-0.4, -0.2) is 17.0 Å². The van der Waals surface area contributed by atoms with Gasteiger partial charge in [0.25, 0.3) is 0 Å². The van der Waals surface area contributed by atoms with E-state index in [-0.39, 0.29) is 6.04 Å². The van der Waals surface area contributed by atoms with E-state index in [0.717, 1.165) is 35.3 Å². The molecule has 0 amide bonds. The van der Waals surface area contributed by atoms with Crippen LogP contribution in [0.4, 0.5) is 11.6 Å². The van der Waals surface area contributed by atoms with Crippen LogP contribution >= 0.6 is 11.6 Å². The van der Waals surface area contributed by atoms with Gasteiger partial charge in [-0.05, 0) is 31.0 Å². The van der Waals surface area contributed by atoms with E-state index in [1.54, 1.807) is 0 Å². The first kappa shape index (κ1) is 15.6. The third-order valence-corrected chi connectivity index (χ3v) is 3.49. The summed E-state index contributed by atoms with van der Waals surface area (Å²) < 4.78 is 0. The van der Waals surface area contributed by atoms with Gasteiger partial charge in [-0.1, -0.05) is 30.7 Å². The fourth-order valence-corrected chi connectivity index (χ4v) is 2.22. The molecule has 112 valence electrons. The molecule has 0 spiro atoms. The minimum Gasteiger partial charge on any atom is -0.373 e. The smallest absolute Gasteiger partial charge is 0.133 e. The molecule has 0 fully saturated rings. The number of rotatable bonds is 6. The van der Waals surface area contributed by atoms with Gasteiger partial charge in [-0.15, -0.1) is 0 Å². The Morgan fingerprint density at radius 1 is 1.14 bits per heavy atom. The molecule has 1 atom stereocenters. The van der Waals surface area contributed by atoms with Crippen LogP contribution in [0, 0.1) is 0 Å². The number of nitrogens with one attached hydrogen (secondary N) is 2. The second kappa shape index (κ2) is 7.27. The molecule has 1 aromatic carbocycles. The van der Waals surface area contributed by atoms with Gasteiger partial charge in [0.15, 0.2) is 0 Å². The standard InChI is InChI=1S/C16H21ClN4/c1-4-5-14-20-15(18-3)10-16(21-14)19-11(2)12-6-8-13(17)9-7-12/h6-11H,4-5H2,1-3H3,(H2,18,19,20,21). The minimum absolute atomic E-state index is 0.149. The third-order valence-electron chi connectivity index (χ3n) is 3.24. The van der Waals surface area contributed by atoms with Crippen molar-refractivity contribution in [2.24, 2.45) is 0 Å². The highest BCUT2D eigenvalue weighted by Gasteiger charge is 2.08. The normalized spacial score (nSPS) is 12.0. The van der Waals surface area contributed by atoms with Gasteiger partial charge in [0, 0.05) is 30.6 Å². The van der Waals surface area contributed by atoms with Gasteiger partial charge < -0.3 is 10.6 Å². The number of hydrogen-bond acceptors (Lipinski definition) is 4. The summed E-state index contributed by atoms with van der Waals surface area (Å²) in [4.78, 5) is 9.02. The number of aromatic nitrogens is 2. The van der Waals surface area contributed by atoms with Crippen LogP contribution in [0.25, 0.3) is 0 Å². The molecule has 4 nitrogen and oxygen atoms in total. The fourth-order valence-electron chi connectivity index (χ4n) is 2.09. The molecule has 0 aliphatic rings. The van der Waals surface area contributed by atoms with Crippen LogP contribution < -0.4 is 10.6 Å². The lowest BCUT2D eigenvalue weighted by atomic mass is 10.1. The van der Waals surface area contributed by atoms with E-state index >= 15 is 0 Å². The maximum absolute atomic E-state index is 5.92. The zero-order chi connectivity index (χ0) is 15.2. The van der Waals surface area contributed by atoms with E-state index in [1.807, 2.05) is 37.4 Å². The Kier molecular flexibility index (Phi) is 5.39. The zero-order valence-electron chi connectivity index (χ0n) is 12.7. The van der Waals surface area contributed by atoms with Gasteiger partial charge >= 0.3 is 0 Å². The lowest BCUT2D eigenvalue weighted by Gasteiger charge is -2.16. The van der Waals surface area contributed by atoms with Gasteiger partial charge in [-0.2, -0.15) is 0 Å². The minimum atomic E-state index is 0.149. The van der Waals surface area contributed by atoms with Crippen LogP contribution in [0.5, 0.6) is 0 Å². The summed E-state index contributed by atoms with van der Waals surface area (Å²) in [5.41, 5.74) is 1.17. The summed E-state index contributed by atoms with van der Waals surface area (Å²) in [5, 5.41) is 7.24. The lowest BCUT2D eigenvalue weighted by molar-refractivity contribution is 0.820. The van der Waals surface area contributed by atoms with E-state index in [9.17, 15) is 0 Å². The molecule has 0 aliphatic carbocycles. The molecular formula is C16H21ClN4. The highest BCUT2D eigenvalue weighted by atomic mass is 35.5. The molecule has 0 saturated carbocycles. The van der Waals surface area contributed by atoms with Crippen molar-refractivity contribution in [1.82, 2.24) is 9.97 Å². The van der Waals surface area contributed by atoms with Gasteiger partial charge in [-0.3, -0.25) is 0 Å². The summed E-state index contributed by atoms with van der Waals surface area (Å²) in [6.07, 6.45) is 1.90. The van der Waals surface area contributed by atoms with Crippen molar-refractivity contribution in [3.63, 3.8) is 0 Å². The predicted molar refractivity (Wildman–Crippen MR) is 89.1 cm³/mol. The molecule has 1 heterocycles. The summed E-state index contributed by atoms with van der Waals surface area (Å²) in [6, 6.07) is 9.91. The Morgan fingerprint density at radius 3 is 2.43 bits per heavy atom. The molecule has 0 radical (unpaired) electrons. The third kappa shape index (κ3) is 4.33. The molecule has 0 aliphatic heterocycles. The average molecular weight is 305 g/mol. The SMILES string of the molecule is CCCc1nc(NC)cc(NC(C)c2ccc(Cl)cc2)n1. The number of benzene rings is 1. The highest BCUT2D eigenvalue weighted by molar-refractivity contribution is 6.30. The first-order chi connectivity index (χ1) is 10.1. The van der Waals surface area contributed by atoms with E-state index < -0.39 is 0 Å². The molecule has 1 aromatic heterocycles. The Balaban J connectivity index is 2.17. The summed E-state index contributed by atoms with van der Waals surface area (Å²) >= 11 is 5.92. The number of hydrogen-bond donors (Lipinski definition) is 2. The van der Waals surface area contributed by atoms with Crippen molar-refractivity contribution >= 4 is 23.2 Å². The maximum Gasteiger partial charge on any atom is 0.133 e. The van der Waals surface area contributed by atoms with Crippen LogP contribution in [0.3, 0.4) is 0 Å². The Hall–Kier alpha value is -1.81. The van der Waals surface area contributed by atoms with Crippen LogP contribution in [-0.2, 0) is 6.42 Å². The van der Waals surface area contributed by atoms with Gasteiger partial charge in [0.2, 0.25) is 0 Å². The molecule has 1 unspecified atom stereocenters. The molecule has 2 aromatic rings. The largest absolute Gasteiger partial charge is 0.373 e. The number of anilines is 2. The van der Waals surface area contributed by atoms with E-state index in [4.69, 9.17) is 11.6 Å². The van der Waals surface area contributed by atoms with Gasteiger partial charge in [0.1, 0.15) is 17.5 Å².